The Morgan fingerprint density at radius 1 is 1.43 bits per heavy atom. The molecule has 3 N–H and O–H groups in total. The van der Waals surface area contributed by atoms with Gasteiger partial charge in [-0.3, -0.25) is 4.99 Å². The molecule has 0 amide bonds. The summed E-state index contributed by atoms with van der Waals surface area (Å²) in [5.74, 6) is 0.595. The van der Waals surface area contributed by atoms with Gasteiger partial charge < -0.3 is 15.8 Å². The van der Waals surface area contributed by atoms with Gasteiger partial charge in [0.15, 0.2) is 5.96 Å². The van der Waals surface area contributed by atoms with Gasteiger partial charge in [0, 0.05) is 11.8 Å². The number of benzene rings is 1. The van der Waals surface area contributed by atoms with E-state index in [1.807, 2.05) is 0 Å². The van der Waals surface area contributed by atoms with Crippen LogP contribution in [0.5, 0.6) is 5.75 Å². The number of hydrogen-bond donors (Lipinski definition) is 2. The summed E-state index contributed by atoms with van der Waals surface area (Å²) in [6.07, 6.45) is -3.41. The van der Waals surface area contributed by atoms with Gasteiger partial charge in [-0.15, -0.1) is 0 Å². The summed E-state index contributed by atoms with van der Waals surface area (Å²) in [5.41, 5.74) is 4.57. The third-order valence-electron chi connectivity index (χ3n) is 3.81. The van der Waals surface area contributed by atoms with Gasteiger partial charge in [0.1, 0.15) is 5.75 Å². The highest BCUT2D eigenvalue weighted by atomic mass is 19.4. The van der Waals surface area contributed by atoms with Crippen molar-refractivity contribution >= 4 is 11.6 Å². The third kappa shape index (κ3) is 3.40. The molecule has 116 valence electrons. The number of aliphatic imine (C=N–C) groups is 1. The standard InChI is InChI=1S/C14H18F3N3O/c1-21-11-5-2-4-10(8-11)20-12(18)19-9-13(6-3-7-13)14(15,16)17/h2,4-5,8H,3,6-7,9H2,1H3,(H3,18,19,20). The first-order valence-corrected chi connectivity index (χ1v) is 6.64. The Hall–Kier alpha value is -1.92. The lowest BCUT2D eigenvalue weighted by molar-refractivity contribution is -0.245. The predicted octanol–water partition coefficient (Wildman–Crippen LogP) is 3.15. The molecule has 2 rings (SSSR count). The van der Waals surface area contributed by atoms with Crippen LogP contribution in [0.4, 0.5) is 18.9 Å². The van der Waals surface area contributed by atoms with Crippen LogP contribution in [0.1, 0.15) is 19.3 Å². The fraction of sp³-hybridized carbons (Fsp3) is 0.500. The first-order chi connectivity index (χ1) is 9.86. The number of nitrogens with one attached hydrogen (secondary N) is 1. The lowest BCUT2D eigenvalue weighted by Crippen LogP contribution is -2.46. The molecule has 0 aliphatic heterocycles. The molecule has 0 radical (unpaired) electrons. The number of ether oxygens (including phenoxy) is 1. The smallest absolute Gasteiger partial charge is 0.396 e. The first-order valence-electron chi connectivity index (χ1n) is 6.64. The second-order valence-electron chi connectivity index (χ2n) is 5.19. The average Bonchev–Trinajstić information content (AvgIpc) is 2.36. The highest BCUT2D eigenvalue weighted by molar-refractivity contribution is 5.92. The van der Waals surface area contributed by atoms with E-state index in [4.69, 9.17) is 10.5 Å². The van der Waals surface area contributed by atoms with E-state index < -0.39 is 11.6 Å². The van der Waals surface area contributed by atoms with Crippen LogP contribution in [0.25, 0.3) is 0 Å². The Balaban J connectivity index is 2.01. The topological polar surface area (TPSA) is 59.6 Å². The molecule has 0 heterocycles. The molecule has 0 aromatic heterocycles. The number of nitrogens with two attached hydrogens (primary N) is 1. The molecule has 1 aliphatic rings. The highest BCUT2D eigenvalue weighted by Crippen LogP contribution is 2.53. The number of alkyl halides is 3. The first kappa shape index (κ1) is 15.5. The number of anilines is 1. The lowest BCUT2D eigenvalue weighted by Gasteiger charge is -2.41. The molecular formula is C14H18F3N3O. The maximum absolute atomic E-state index is 13.0. The van der Waals surface area contributed by atoms with Gasteiger partial charge in [-0.1, -0.05) is 12.5 Å². The molecule has 1 aliphatic carbocycles. The fourth-order valence-electron chi connectivity index (χ4n) is 2.26. The number of rotatable bonds is 4. The van der Waals surface area contributed by atoms with E-state index in [0.717, 1.165) is 0 Å². The molecule has 1 aromatic rings. The summed E-state index contributed by atoms with van der Waals surface area (Å²) in [6.45, 7) is -0.334. The van der Waals surface area contributed by atoms with E-state index in [9.17, 15) is 13.2 Å². The Bertz CT molecular complexity index is 524. The van der Waals surface area contributed by atoms with Crippen LogP contribution < -0.4 is 15.8 Å². The largest absolute Gasteiger partial charge is 0.497 e. The van der Waals surface area contributed by atoms with Crippen molar-refractivity contribution in [2.45, 2.75) is 25.4 Å². The second kappa shape index (κ2) is 5.83. The van der Waals surface area contributed by atoms with Crippen molar-refractivity contribution in [3.8, 4) is 5.75 Å². The van der Waals surface area contributed by atoms with Crippen LogP contribution in [-0.4, -0.2) is 25.8 Å². The summed E-state index contributed by atoms with van der Waals surface area (Å²) in [4.78, 5) is 3.86. The van der Waals surface area contributed by atoms with E-state index >= 15 is 0 Å². The zero-order chi connectivity index (χ0) is 15.5. The number of nitrogens with zero attached hydrogens (tertiary/aromatic N) is 1. The minimum atomic E-state index is -4.23. The zero-order valence-electron chi connectivity index (χ0n) is 11.7. The minimum Gasteiger partial charge on any atom is -0.497 e. The van der Waals surface area contributed by atoms with Crippen molar-refractivity contribution in [1.82, 2.24) is 0 Å². The minimum absolute atomic E-state index is 0.0289. The Morgan fingerprint density at radius 3 is 2.67 bits per heavy atom. The van der Waals surface area contributed by atoms with E-state index in [1.54, 1.807) is 24.3 Å². The van der Waals surface area contributed by atoms with Gasteiger partial charge >= 0.3 is 6.18 Å². The van der Waals surface area contributed by atoms with Crippen molar-refractivity contribution in [2.75, 3.05) is 19.0 Å². The average molecular weight is 301 g/mol. The summed E-state index contributed by atoms with van der Waals surface area (Å²) < 4.78 is 44.0. The van der Waals surface area contributed by atoms with Crippen molar-refractivity contribution in [3.63, 3.8) is 0 Å². The molecular weight excluding hydrogens is 283 g/mol. The van der Waals surface area contributed by atoms with Crippen LogP contribution >= 0.6 is 0 Å². The van der Waals surface area contributed by atoms with Gasteiger partial charge in [0.05, 0.1) is 19.1 Å². The summed E-state index contributed by atoms with van der Waals surface area (Å²) >= 11 is 0. The molecule has 0 saturated heterocycles. The molecule has 0 bridgehead atoms. The van der Waals surface area contributed by atoms with Crippen molar-refractivity contribution in [2.24, 2.45) is 16.1 Å². The Kier molecular flexibility index (Phi) is 4.29. The molecule has 0 unspecified atom stereocenters. The molecule has 1 saturated carbocycles. The molecule has 21 heavy (non-hydrogen) atoms. The SMILES string of the molecule is COc1cccc(NC(N)=NCC2(C(F)(F)F)CCC2)c1. The van der Waals surface area contributed by atoms with E-state index in [0.29, 0.717) is 17.9 Å². The van der Waals surface area contributed by atoms with E-state index in [2.05, 4.69) is 10.3 Å². The van der Waals surface area contributed by atoms with Gasteiger partial charge in [-0.05, 0) is 25.0 Å². The van der Waals surface area contributed by atoms with Crippen LogP contribution in [0.15, 0.2) is 29.3 Å². The number of guanidine groups is 1. The third-order valence-corrected chi connectivity index (χ3v) is 3.81. The normalized spacial score (nSPS) is 18.0. The molecule has 0 spiro atoms. The number of halogens is 3. The van der Waals surface area contributed by atoms with Crippen molar-refractivity contribution in [1.29, 1.82) is 0 Å². The summed E-state index contributed by atoms with van der Waals surface area (Å²) in [5, 5.41) is 2.77. The molecule has 1 fully saturated rings. The van der Waals surface area contributed by atoms with Crippen molar-refractivity contribution < 1.29 is 17.9 Å². The van der Waals surface area contributed by atoms with E-state index in [-0.39, 0.29) is 25.3 Å². The summed E-state index contributed by atoms with van der Waals surface area (Å²) in [7, 11) is 1.53. The monoisotopic (exact) mass is 301 g/mol. The van der Waals surface area contributed by atoms with Crippen LogP contribution in [0.2, 0.25) is 0 Å². The molecule has 4 nitrogen and oxygen atoms in total. The number of methoxy groups -OCH3 is 1. The van der Waals surface area contributed by atoms with E-state index in [1.165, 1.54) is 7.11 Å². The number of hydrogen-bond acceptors (Lipinski definition) is 2. The molecule has 7 heteroatoms. The van der Waals surface area contributed by atoms with Crippen LogP contribution in [0.3, 0.4) is 0 Å². The highest BCUT2D eigenvalue weighted by Gasteiger charge is 2.58. The Labute approximate surface area is 121 Å². The molecule has 1 aromatic carbocycles. The van der Waals surface area contributed by atoms with Gasteiger partial charge in [-0.25, -0.2) is 0 Å². The van der Waals surface area contributed by atoms with Gasteiger partial charge in [0.25, 0.3) is 0 Å². The fourth-order valence-corrected chi connectivity index (χ4v) is 2.26. The lowest BCUT2D eigenvalue weighted by atomic mass is 9.68. The van der Waals surface area contributed by atoms with Crippen LogP contribution in [-0.2, 0) is 0 Å². The Morgan fingerprint density at radius 2 is 2.14 bits per heavy atom. The second-order valence-corrected chi connectivity index (χ2v) is 5.19. The maximum Gasteiger partial charge on any atom is 0.396 e. The summed E-state index contributed by atoms with van der Waals surface area (Å²) in [6, 6.07) is 6.92. The van der Waals surface area contributed by atoms with Crippen molar-refractivity contribution in [3.05, 3.63) is 24.3 Å². The predicted molar refractivity (Wildman–Crippen MR) is 75.4 cm³/mol. The zero-order valence-corrected chi connectivity index (χ0v) is 11.7. The van der Waals surface area contributed by atoms with Crippen LogP contribution in [0, 0.1) is 5.41 Å². The molecule has 0 atom stereocenters. The van der Waals surface area contributed by atoms with Gasteiger partial charge in [0.2, 0.25) is 0 Å². The quantitative estimate of drug-likeness (QED) is 0.663. The van der Waals surface area contributed by atoms with Gasteiger partial charge in [-0.2, -0.15) is 13.2 Å². The maximum atomic E-state index is 13.0.